The maximum Gasteiger partial charge on any atom is 0.276 e. The van der Waals surface area contributed by atoms with Crippen molar-refractivity contribution < 1.29 is 9.59 Å². The van der Waals surface area contributed by atoms with E-state index in [1.165, 1.54) is 4.68 Å². The van der Waals surface area contributed by atoms with E-state index in [1.807, 2.05) is 24.3 Å². The van der Waals surface area contributed by atoms with Crippen LogP contribution in [0.3, 0.4) is 0 Å². The lowest BCUT2D eigenvalue weighted by Gasteiger charge is -2.32. The molecule has 1 N–H and O–H groups in total. The van der Waals surface area contributed by atoms with Crippen LogP contribution in [0.15, 0.2) is 30.5 Å². The number of rotatable bonds is 5. The monoisotopic (exact) mass is 396 g/mol. The maximum atomic E-state index is 13.2. The van der Waals surface area contributed by atoms with Crippen molar-refractivity contribution in [2.45, 2.75) is 19.3 Å². The summed E-state index contributed by atoms with van der Waals surface area (Å²) in [6.45, 7) is 5.42. The van der Waals surface area contributed by atoms with Gasteiger partial charge in [0, 0.05) is 39.6 Å². The number of likely N-dealkylation sites (N-methyl/N-ethyl adjacent to an activating group) is 1. The van der Waals surface area contributed by atoms with E-state index < -0.39 is 0 Å². The van der Waals surface area contributed by atoms with Crippen molar-refractivity contribution in [3.05, 3.63) is 36.2 Å². The van der Waals surface area contributed by atoms with E-state index in [9.17, 15) is 9.59 Å². The van der Waals surface area contributed by atoms with Crippen LogP contribution in [-0.2, 0) is 11.8 Å². The molecule has 8 nitrogen and oxygen atoms in total. The lowest BCUT2D eigenvalue weighted by Crippen LogP contribution is -2.44. The van der Waals surface area contributed by atoms with Crippen molar-refractivity contribution >= 4 is 28.9 Å². The molecule has 29 heavy (non-hydrogen) atoms. The van der Waals surface area contributed by atoms with Crippen LogP contribution in [0.4, 0.5) is 17.1 Å². The molecular weight excluding hydrogens is 368 g/mol. The molecule has 2 amide bonds. The highest BCUT2D eigenvalue weighted by Gasteiger charge is 2.31. The molecule has 1 saturated heterocycles. The maximum absolute atomic E-state index is 13.2. The Balaban J connectivity index is 1.46. The Hall–Kier alpha value is -2.71. The molecule has 0 radical (unpaired) electrons. The van der Waals surface area contributed by atoms with Gasteiger partial charge in [0.1, 0.15) is 5.69 Å². The van der Waals surface area contributed by atoms with Crippen molar-refractivity contribution in [1.29, 1.82) is 0 Å². The fourth-order valence-corrected chi connectivity index (χ4v) is 4.00. The highest BCUT2D eigenvalue weighted by Crippen LogP contribution is 2.38. The van der Waals surface area contributed by atoms with E-state index >= 15 is 0 Å². The highest BCUT2D eigenvalue weighted by molar-refractivity contribution is 6.16. The van der Waals surface area contributed by atoms with Gasteiger partial charge in [-0.25, -0.2) is 0 Å². The summed E-state index contributed by atoms with van der Waals surface area (Å²) in [5.74, 6) is -0.264. The van der Waals surface area contributed by atoms with Gasteiger partial charge in [0.05, 0.1) is 23.3 Å². The van der Waals surface area contributed by atoms with Gasteiger partial charge in [0.25, 0.3) is 5.91 Å². The van der Waals surface area contributed by atoms with Gasteiger partial charge in [-0.15, -0.1) is 0 Å². The number of carbonyl (C=O) groups excluding carboxylic acids is 2. The SMILES string of the molecule is CN1CCN(CCCCC(=O)N2c3ccccc3NC(=O)c3c2cnn3C)CC1. The number of anilines is 3. The molecule has 0 aliphatic carbocycles. The molecule has 1 aromatic carbocycles. The molecule has 154 valence electrons. The average molecular weight is 396 g/mol. The molecule has 1 fully saturated rings. The van der Waals surface area contributed by atoms with E-state index in [0.29, 0.717) is 29.2 Å². The van der Waals surface area contributed by atoms with Crippen LogP contribution in [-0.4, -0.2) is 71.2 Å². The number of nitrogens with one attached hydrogen (secondary N) is 1. The van der Waals surface area contributed by atoms with Crippen LogP contribution >= 0.6 is 0 Å². The van der Waals surface area contributed by atoms with Crippen molar-refractivity contribution in [3.63, 3.8) is 0 Å². The second kappa shape index (κ2) is 8.34. The normalized spacial score (nSPS) is 17.4. The molecule has 0 saturated carbocycles. The molecule has 0 atom stereocenters. The zero-order valence-corrected chi connectivity index (χ0v) is 17.1. The molecule has 2 aromatic rings. The highest BCUT2D eigenvalue weighted by atomic mass is 16.2. The van der Waals surface area contributed by atoms with Crippen LogP contribution in [0.5, 0.6) is 0 Å². The fraction of sp³-hybridized carbons (Fsp3) is 0.476. The third kappa shape index (κ3) is 4.04. The van der Waals surface area contributed by atoms with E-state index in [1.54, 1.807) is 18.1 Å². The van der Waals surface area contributed by atoms with E-state index in [-0.39, 0.29) is 11.8 Å². The number of hydrogen-bond acceptors (Lipinski definition) is 5. The van der Waals surface area contributed by atoms with Gasteiger partial charge in [0.2, 0.25) is 5.91 Å². The molecular formula is C21H28N6O2. The Labute approximate surface area is 171 Å². The molecule has 0 unspecified atom stereocenters. The molecule has 4 rings (SSSR count). The standard InChI is InChI=1S/C21H28N6O2/c1-24-11-13-26(14-12-24)10-6-5-9-19(28)27-17-8-4-3-7-16(17)23-21(29)20-18(27)15-22-25(20)2/h3-4,7-8,15H,5-6,9-14H2,1-2H3,(H,23,29). The molecule has 2 aliphatic rings. The second-order valence-electron chi connectivity index (χ2n) is 7.80. The molecule has 8 heteroatoms. The van der Waals surface area contributed by atoms with Crippen LogP contribution in [0, 0.1) is 0 Å². The minimum atomic E-state index is -0.252. The number of aryl methyl sites for hydroxylation is 1. The van der Waals surface area contributed by atoms with Crippen molar-refractivity contribution in [2.24, 2.45) is 7.05 Å². The van der Waals surface area contributed by atoms with Gasteiger partial charge in [0.15, 0.2) is 0 Å². The fourth-order valence-electron chi connectivity index (χ4n) is 4.00. The number of fused-ring (bicyclic) bond motifs is 2. The summed E-state index contributed by atoms with van der Waals surface area (Å²) < 4.78 is 1.52. The summed E-state index contributed by atoms with van der Waals surface area (Å²) in [5, 5.41) is 7.11. The van der Waals surface area contributed by atoms with Crippen LogP contribution in [0.25, 0.3) is 0 Å². The Kier molecular flexibility index (Phi) is 5.64. The van der Waals surface area contributed by atoms with Crippen LogP contribution < -0.4 is 10.2 Å². The number of aromatic nitrogens is 2. The quantitative estimate of drug-likeness (QED) is 0.784. The van der Waals surface area contributed by atoms with Gasteiger partial charge >= 0.3 is 0 Å². The summed E-state index contributed by atoms with van der Waals surface area (Å²) in [5.41, 5.74) is 2.27. The van der Waals surface area contributed by atoms with Gasteiger partial charge in [-0.1, -0.05) is 12.1 Å². The number of piperazine rings is 1. The third-order valence-corrected chi connectivity index (χ3v) is 5.73. The topological polar surface area (TPSA) is 73.7 Å². The zero-order chi connectivity index (χ0) is 20.4. The summed E-state index contributed by atoms with van der Waals surface area (Å²) >= 11 is 0. The van der Waals surface area contributed by atoms with Gasteiger partial charge in [-0.05, 0) is 38.6 Å². The smallest absolute Gasteiger partial charge is 0.276 e. The number of nitrogens with zero attached hydrogens (tertiary/aromatic N) is 5. The lowest BCUT2D eigenvalue weighted by molar-refractivity contribution is -0.118. The summed E-state index contributed by atoms with van der Waals surface area (Å²) in [6, 6.07) is 7.41. The van der Waals surface area contributed by atoms with E-state index in [4.69, 9.17) is 0 Å². The first-order chi connectivity index (χ1) is 14.0. The molecule has 3 heterocycles. The zero-order valence-electron chi connectivity index (χ0n) is 17.1. The first-order valence-corrected chi connectivity index (χ1v) is 10.2. The number of hydrogen-bond donors (Lipinski definition) is 1. The van der Waals surface area contributed by atoms with Gasteiger partial charge in [-0.2, -0.15) is 5.10 Å². The van der Waals surface area contributed by atoms with Gasteiger partial charge in [-0.3, -0.25) is 19.2 Å². The predicted molar refractivity (Wildman–Crippen MR) is 113 cm³/mol. The van der Waals surface area contributed by atoms with Crippen molar-refractivity contribution in [3.8, 4) is 0 Å². The Bertz CT molecular complexity index is 900. The van der Waals surface area contributed by atoms with E-state index in [0.717, 1.165) is 45.6 Å². The number of para-hydroxylation sites is 2. The van der Waals surface area contributed by atoms with Crippen molar-refractivity contribution in [1.82, 2.24) is 19.6 Å². The van der Waals surface area contributed by atoms with Crippen LogP contribution in [0.1, 0.15) is 29.8 Å². The minimum absolute atomic E-state index is 0.0124. The molecule has 1 aromatic heterocycles. The van der Waals surface area contributed by atoms with Crippen LogP contribution in [0.2, 0.25) is 0 Å². The first kappa shape index (κ1) is 19.6. The largest absolute Gasteiger partial charge is 0.319 e. The molecule has 2 aliphatic heterocycles. The Morgan fingerprint density at radius 2 is 1.83 bits per heavy atom. The Morgan fingerprint density at radius 3 is 2.62 bits per heavy atom. The lowest BCUT2D eigenvalue weighted by atomic mass is 10.1. The Morgan fingerprint density at radius 1 is 1.07 bits per heavy atom. The summed E-state index contributed by atoms with van der Waals surface area (Å²) in [7, 11) is 3.87. The number of unbranched alkanes of at least 4 members (excludes halogenated alkanes) is 1. The number of carbonyl (C=O) groups is 2. The third-order valence-electron chi connectivity index (χ3n) is 5.73. The van der Waals surface area contributed by atoms with Crippen molar-refractivity contribution in [2.75, 3.05) is 50.0 Å². The predicted octanol–water partition coefficient (Wildman–Crippen LogP) is 2.07. The number of amides is 2. The number of benzene rings is 1. The average Bonchev–Trinajstić information content (AvgIpc) is 3.03. The van der Waals surface area contributed by atoms with Gasteiger partial charge < -0.3 is 15.1 Å². The first-order valence-electron chi connectivity index (χ1n) is 10.2. The summed E-state index contributed by atoms with van der Waals surface area (Å²) in [6.07, 6.45) is 3.84. The molecule has 0 bridgehead atoms. The minimum Gasteiger partial charge on any atom is -0.319 e. The van der Waals surface area contributed by atoms with E-state index in [2.05, 4.69) is 27.3 Å². The molecule has 0 spiro atoms. The summed E-state index contributed by atoms with van der Waals surface area (Å²) in [4.78, 5) is 32.3. The second-order valence-corrected chi connectivity index (χ2v) is 7.80.